The first kappa shape index (κ1) is 13.3. The van der Waals surface area contributed by atoms with Gasteiger partial charge in [0.2, 0.25) is 0 Å². The van der Waals surface area contributed by atoms with Crippen LogP contribution in [-0.2, 0) is 4.79 Å². The lowest BCUT2D eigenvalue weighted by Gasteiger charge is -2.21. The molecule has 1 rings (SSSR count). The van der Waals surface area contributed by atoms with Crippen LogP contribution in [0.25, 0.3) is 0 Å². The Balaban J connectivity index is 2.32. The van der Waals surface area contributed by atoms with E-state index >= 15 is 0 Å². The highest BCUT2D eigenvalue weighted by molar-refractivity contribution is 5.81. The summed E-state index contributed by atoms with van der Waals surface area (Å²) in [5.74, 6) is 7.32. The summed E-state index contributed by atoms with van der Waals surface area (Å²) in [6, 6.07) is 0. The highest BCUT2D eigenvalue weighted by Crippen LogP contribution is 2.27. The highest BCUT2D eigenvalue weighted by atomic mass is 16.1. The van der Waals surface area contributed by atoms with Gasteiger partial charge in [-0.05, 0) is 18.3 Å². The molecular weight excluding hydrogens is 196 g/mol. The van der Waals surface area contributed by atoms with Crippen LogP contribution in [0, 0.1) is 23.2 Å². The summed E-state index contributed by atoms with van der Waals surface area (Å²) in [4.78, 5) is 11.1. The van der Waals surface area contributed by atoms with Gasteiger partial charge in [-0.25, -0.2) is 0 Å². The highest BCUT2D eigenvalue weighted by Gasteiger charge is 2.20. The van der Waals surface area contributed by atoms with Crippen molar-refractivity contribution in [1.82, 2.24) is 0 Å². The number of carbonyl (C=O) groups excluding carboxylic acids is 1. The zero-order valence-electron chi connectivity index (χ0n) is 10.9. The molecule has 0 bridgehead atoms. The van der Waals surface area contributed by atoms with Crippen LogP contribution in [0.1, 0.15) is 65.7 Å². The van der Waals surface area contributed by atoms with Crippen LogP contribution in [0.2, 0.25) is 0 Å². The van der Waals surface area contributed by atoms with Gasteiger partial charge in [-0.15, -0.1) is 5.92 Å². The van der Waals surface area contributed by atoms with Crippen LogP contribution in [0.3, 0.4) is 0 Å². The van der Waals surface area contributed by atoms with Crippen molar-refractivity contribution < 1.29 is 4.79 Å². The van der Waals surface area contributed by atoms with Crippen molar-refractivity contribution >= 4 is 5.78 Å². The lowest BCUT2D eigenvalue weighted by atomic mass is 9.84. The normalized spacial score (nSPS) is 20.7. The van der Waals surface area contributed by atoms with Gasteiger partial charge in [-0.1, -0.05) is 39.5 Å². The van der Waals surface area contributed by atoms with Gasteiger partial charge in [0, 0.05) is 25.2 Å². The molecule has 0 amide bonds. The van der Waals surface area contributed by atoms with Crippen molar-refractivity contribution in [3.63, 3.8) is 0 Å². The summed E-state index contributed by atoms with van der Waals surface area (Å²) in [5.41, 5.74) is 0.339. The third-order valence-corrected chi connectivity index (χ3v) is 3.33. The van der Waals surface area contributed by atoms with E-state index in [0.29, 0.717) is 23.5 Å². The van der Waals surface area contributed by atoms with Crippen LogP contribution < -0.4 is 0 Å². The van der Waals surface area contributed by atoms with Gasteiger partial charge < -0.3 is 0 Å². The topological polar surface area (TPSA) is 17.1 Å². The van der Waals surface area contributed by atoms with Gasteiger partial charge in [-0.2, -0.15) is 0 Å². The molecule has 1 nitrogen and oxygen atoms in total. The summed E-state index contributed by atoms with van der Waals surface area (Å²) in [6.07, 6.45) is 7.20. The summed E-state index contributed by atoms with van der Waals surface area (Å²) in [6.45, 7) is 6.81. The van der Waals surface area contributed by atoms with Crippen molar-refractivity contribution in [3.8, 4) is 11.8 Å². The second kappa shape index (κ2) is 6.09. The molecule has 0 N–H and O–H groups in total. The van der Waals surface area contributed by atoms with Crippen LogP contribution in [0.4, 0.5) is 0 Å². The number of rotatable bonds is 4. The SMILES string of the molecule is CCCCC(C)(C)CC#CC1CCC(=O)C1. The maximum Gasteiger partial charge on any atom is 0.134 e. The molecule has 1 fully saturated rings. The summed E-state index contributed by atoms with van der Waals surface area (Å²) < 4.78 is 0. The van der Waals surface area contributed by atoms with Gasteiger partial charge in [0.25, 0.3) is 0 Å². The fourth-order valence-corrected chi connectivity index (χ4v) is 2.12. The van der Waals surface area contributed by atoms with Crippen molar-refractivity contribution in [2.75, 3.05) is 0 Å². The first-order valence-corrected chi connectivity index (χ1v) is 6.53. The Morgan fingerprint density at radius 1 is 1.44 bits per heavy atom. The average molecular weight is 220 g/mol. The second-order valence-electron chi connectivity index (χ2n) is 5.74. The zero-order valence-corrected chi connectivity index (χ0v) is 10.9. The molecule has 1 unspecified atom stereocenters. The molecule has 0 aromatic heterocycles. The van der Waals surface area contributed by atoms with Crippen molar-refractivity contribution in [1.29, 1.82) is 0 Å². The van der Waals surface area contributed by atoms with Crippen molar-refractivity contribution in [2.24, 2.45) is 11.3 Å². The largest absolute Gasteiger partial charge is 0.300 e. The lowest BCUT2D eigenvalue weighted by Crippen LogP contribution is -2.09. The van der Waals surface area contributed by atoms with Crippen LogP contribution in [0.5, 0.6) is 0 Å². The number of carbonyl (C=O) groups is 1. The molecule has 0 heterocycles. The number of Topliss-reactive ketones (excluding diaryl/α,β-unsaturated/α-hetero) is 1. The van der Waals surface area contributed by atoms with Gasteiger partial charge in [0.1, 0.15) is 5.78 Å². The molecule has 0 saturated heterocycles. The number of unbranched alkanes of at least 4 members (excludes halogenated alkanes) is 1. The van der Waals surface area contributed by atoms with Gasteiger partial charge in [0.15, 0.2) is 0 Å². The first-order chi connectivity index (χ1) is 7.53. The minimum Gasteiger partial charge on any atom is -0.300 e. The summed E-state index contributed by atoms with van der Waals surface area (Å²) in [5, 5.41) is 0. The molecule has 16 heavy (non-hydrogen) atoms. The number of ketones is 1. The maximum absolute atomic E-state index is 11.1. The second-order valence-corrected chi connectivity index (χ2v) is 5.74. The molecular formula is C15H24O. The predicted octanol–water partition coefficient (Wildman–Crippen LogP) is 3.97. The average Bonchev–Trinajstić information content (AvgIpc) is 2.61. The molecule has 1 aliphatic carbocycles. The van der Waals surface area contributed by atoms with Crippen molar-refractivity contribution in [3.05, 3.63) is 0 Å². The van der Waals surface area contributed by atoms with E-state index in [1.807, 2.05) is 0 Å². The lowest BCUT2D eigenvalue weighted by molar-refractivity contribution is -0.117. The molecule has 0 spiro atoms. The van der Waals surface area contributed by atoms with Crippen LogP contribution in [-0.4, -0.2) is 5.78 Å². The molecule has 1 saturated carbocycles. The molecule has 1 atom stereocenters. The molecule has 90 valence electrons. The third kappa shape index (κ3) is 4.84. The van der Waals surface area contributed by atoms with Gasteiger partial charge >= 0.3 is 0 Å². The molecule has 1 aliphatic rings. The van der Waals surface area contributed by atoms with Gasteiger partial charge in [0.05, 0.1) is 0 Å². The third-order valence-electron chi connectivity index (χ3n) is 3.33. The van der Waals surface area contributed by atoms with Crippen LogP contribution in [0.15, 0.2) is 0 Å². The predicted molar refractivity (Wildman–Crippen MR) is 68.0 cm³/mol. The maximum atomic E-state index is 11.1. The standard InChI is InChI=1S/C15H24O/c1-4-5-10-15(2,3)11-6-7-13-8-9-14(16)12-13/h13H,4-5,8-12H2,1-3H3. The molecule has 1 heteroatoms. The van der Waals surface area contributed by atoms with E-state index in [9.17, 15) is 4.79 Å². The van der Waals surface area contributed by atoms with E-state index in [1.54, 1.807) is 0 Å². The Bertz CT molecular complexity index is 290. The van der Waals surface area contributed by atoms with Crippen molar-refractivity contribution in [2.45, 2.75) is 65.7 Å². The van der Waals surface area contributed by atoms with E-state index in [1.165, 1.54) is 19.3 Å². The summed E-state index contributed by atoms with van der Waals surface area (Å²) >= 11 is 0. The van der Waals surface area contributed by atoms with Crippen LogP contribution >= 0.6 is 0 Å². The molecule has 0 aromatic carbocycles. The Morgan fingerprint density at radius 2 is 2.19 bits per heavy atom. The number of hydrogen-bond acceptors (Lipinski definition) is 1. The van der Waals surface area contributed by atoms with E-state index in [-0.39, 0.29) is 0 Å². The fraction of sp³-hybridized carbons (Fsp3) is 0.800. The zero-order chi connectivity index (χ0) is 12.0. The van der Waals surface area contributed by atoms with E-state index in [4.69, 9.17) is 0 Å². The first-order valence-electron chi connectivity index (χ1n) is 6.53. The Kier molecular flexibility index (Phi) is 5.06. The summed E-state index contributed by atoms with van der Waals surface area (Å²) in [7, 11) is 0. The molecule has 0 aliphatic heterocycles. The smallest absolute Gasteiger partial charge is 0.134 e. The van der Waals surface area contributed by atoms with E-state index < -0.39 is 0 Å². The minimum absolute atomic E-state index is 0.339. The monoisotopic (exact) mass is 220 g/mol. The number of hydrogen-bond donors (Lipinski definition) is 0. The Morgan fingerprint density at radius 3 is 2.75 bits per heavy atom. The van der Waals surface area contributed by atoms with E-state index in [2.05, 4.69) is 32.6 Å². The Hall–Kier alpha value is -0.770. The van der Waals surface area contributed by atoms with Gasteiger partial charge in [-0.3, -0.25) is 4.79 Å². The minimum atomic E-state index is 0.339. The Labute approximate surface area is 100 Å². The molecule has 0 aromatic rings. The molecule has 0 radical (unpaired) electrons. The quantitative estimate of drug-likeness (QED) is 0.655. The van der Waals surface area contributed by atoms with E-state index in [0.717, 1.165) is 19.3 Å². The fourth-order valence-electron chi connectivity index (χ4n) is 2.12.